The first-order valence-corrected chi connectivity index (χ1v) is 5.06. The zero-order valence-corrected chi connectivity index (χ0v) is 8.16. The lowest BCUT2D eigenvalue weighted by Gasteiger charge is -2.36. The molecule has 2 unspecified atom stereocenters. The number of guanidine groups is 1. The summed E-state index contributed by atoms with van der Waals surface area (Å²) in [5.74, 6) is 1.66. The van der Waals surface area contributed by atoms with Crippen LogP contribution >= 0.6 is 0 Å². The Bertz CT molecular complexity index is 214. The first-order valence-electron chi connectivity index (χ1n) is 5.06. The van der Waals surface area contributed by atoms with E-state index in [1.54, 1.807) is 0 Å². The Morgan fingerprint density at radius 2 is 2.46 bits per heavy atom. The van der Waals surface area contributed by atoms with Crippen LogP contribution in [-0.4, -0.2) is 43.1 Å². The molecule has 74 valence electrons. The third kappa shape index (κ3) is 1.77. The molecule has 0 aromatic rings. The normalized spacial score (nSPS) is 34.3. The Kier molecular flexibility index (Phi) is 2.40. The van der Waals surface area contributed by atoms with Gasteiger partial charge in [-0.2, -0.15) is 0 Å². The molecule has 0 radical (unpaired) electrons. The van der Waals surface area contributed by atoms with Gasteiger partial charge in [-0.15, -0.1) is 0 Å². The Hall–Kier alpha value is -0.770. The van der Waals surface area contributed by atoms with E-state index in [1.807, 2.05) is 0 Å². The van der Waals surface area contributed by atoms with Crippen LogP contribution in [0.5, 0.6) is 0 Å². The van der Waals surface area contributed by atoms with E-state index in [2.05, 4.69) is 22.1 Å². The number of likely N-dealkylation sites (tertiary alicyclic amines) is 1. The third-order valence-corrected chi connectivity index (χ3v) is 2.93. The minimum Gasteiger partial charge on any atom is -0.354 e. The first kappa shape index (κ1) is 8.81. The molecule has 1 fully saturated rings. The van der Waals surface area contributed by atoms with Gasteiger partial charge in [0.2, 0.25) is 0 Å². The van der Waals surface area contributed by atoms with Gasteiger partial charge in [-0.1, -0.05) is 6.92 Å². The van der Waals surface area contributed by atoms with Crippen LogP contribution in [0, 0.1) is 5.92 Å². The summed E-state index contributed by atoms with van der Waals surface area (Å²) in [6.45, 7) is 6.23. The van der Waals surface area contributed by atoms with E-state index in [0.717, 1.165) is 38.6 Å². The molecule has 0 spiro atoms. The monoisotopic (exact) mass is 182 g/mol. The van der Waals surface area contributed by atoms with E-state index in [1.165, 1.54) is 0 Å². The fourth-order valence-electron chi connectivity index (χ4n) is 1.95. The van der Waals surface area contributed by atoms with Crippen molar-refractivity contribution >= 4 is 5.96 Å². The SMILES string of the molecule is CC1CN(C2=NCCN2)CCC1N. The number of hydrogen-bond donors (Lipinski definition) is 2. The highest BCUT2D eigenvalue weighted by Gasteiger charge is 2.25. The molecule has 2 aliphatic rings. The fourth-order valence-corrected chi connectivity index (χ4v) is 1.95. The molecule has 2 rings (SSSR count). The molecular weight excluding hydrogens is 164 g/mol. The highest BCUT2D eigenvalue weighted by atomic mass is 15.3. The number of piperidine rings is 1. The molecule has 0 amide bonds. The predicted octanol–water partition coefficient (Wildman–Crippen LogP) is -0.385. The second-order valence-corrected chi connectivity index (χ2v) is 4.01. The van der Waals surface area contributed by atoms with E-state index < -0.39 is 0 Å². The zero-order chi connectivity index (χ0) is 9.26. The van der Waals surface area contributed by atoms with Crippen molar-refractivity contribution in [3.05, 3.63) is 0 Å². The molecule has 0 aliphatic carbocycles. The van der Waals surface area contributed by atoms with Crippen LogP contribution in [0.25, 0.3) is 0 Å². The van der Waals surface area contributed by atoms with Crippen molar-refractivity contribution in [2.75, 3.05) is 26.2 Å². The maximum absolute atomic E-state index is 5.95. The van der Waals surface area contributed by atoms with Crippen molar-refractivity contribution in [1.82, 2.24) is 10.2 Å². The smallest absolute Gasteiger partial charge is 0.194 e. The van der Waals surface area contributed by atoms with Crippen LogP contribution in [0.2, 0.25) is 0 Å². The van der Waals surface area contributed by atoms with Crippen LogP contribution in [0.3, 0.4) is 0 Å². The number of aliphatic imine (C=N–C) groups is 1. The van der Waals surface area contributed by atoms with Crippen LogP contribution in [0.15, 0.2) is 4.99 Å². The zero-order valence-electron chi connectivity index (χ0n) is 8.16. The molecule has 1 saturated heterocycles. The van der Waals surface area contributed by atoms with E-state index in [0.29, 0.717) is 12.0 Å². The predicted molar refractivity (Wildman–Crippen MR) is 53.6 cm³/mol. The van der Waals surface area contributed by atoms with Gasteiger partial charge in [0.1, 0.15) is 0 Å². The average molecular weight is 182 g/mol. The summed E-state index contributed by atoms with van der Waals surface area (Å²) in [4.78, 5) is 6.73. The summed E-state index contributed by atoms with van der Waals surface area (Å²) in [5, 5.41) is 3.30. The van der Waals surface area contributed by atoms with E-state index in [-0.39, 0.29) is 0 Å². The summed E-state index contributed by atoms with van der Waals surface area (Å²) in [7, 11) is 0. The second kappa shape index (κ2) is 3.54. The minimum absolute atomic E-state index is 0.373. The number of hydrogen-bond acceptors (Lipinski definition) is 4. The Balaban J connectivity index is 1.94. The average Bonchev–Trinajstić information content (AvgIpc) is 2.62. The number of nitrogens with zero attached hydrogens (tertiary/aromatic N) is 2. The molecule has 2 aliphatic heterocycles. The lowest BCUT2D eigenvalue weighted by Crippen LogP contribution is -2.50. The van der Waals surface area contributed by atoms with E-state index in [4.69, 9.17) is 5.73 Å². The van der Waals surface area contributed by atoms with Gasteiger partial charge in [-0.05, 0) is 12.3 Å². The van der Waals surface area contributed by atoms with E-state index >= 15 is 0 Å². The maximum atomic E-state index is 5.95. The van der Waals surface area contributed by atoms with Gasteiger partial charge in [0.15, 0.2) is 5.96 Å². The standard InChI is InChI=1S/C9H18N4/c1-7-6-13(5-2-8(7)10)9-11-3-4-12-9/h7-8H,2-6,10H2,1H3,(H,11,12). The Morgan fingerprint density at radius 3 is 3.08 bits per heavy atom. The quantitative estimate of drug-likeness (QED) is 0.537. The lowest BCUT2D eigenvalue weighted by molar-refractivity contribution is 0.238. The minimum atomic E-state index is 0.373. The summed E-state index contributed by atoms with van der Waals surface area (Å²) in [5.41, 5.74) is 5.95. The highest BCUT2D eigenvalue weighted by molar-refractivity contribution is 5.81. The fraction of sp³-hybridized carbons (Fsp3) is 0.889. The molecule has 13 heavy (non-hydrogen) atoms. The van der Waals surface area contributed by atoms with Gasteiger partial charge >= 0.3 is 0 Å². The highest BCUT2D eigenvalue weighted by Crippen LogP contribution is 2.15. The largest absolute Gasteiger partial charge is 0.354 e. The molecule has 0 bridgehead atoms. The van der Waals surface area contributed by atoms with Crippen molar-refractivity contribution in [2.45, 2.75) is 19.4 Å². The van der Waals surface area contributed by atoms with Gasteiger partial charge in [0, 0.05) is 25.7 Å². The van der Waals surface area contributed by atoms with Crippen molar-refractivity contribution in [3.8, 4) is 0 Å². The van der Waals surface area contributed by atoms with Crippen LogP contribution in [-0.2, 0) is 0 Å². The molecule has 0 aromatic heterocycles. The molecule has 4 nitrogen and oxygen atoms in total. The van der Waals surface area contributed by atoms with Gasteiger partial charge in [-0.3, -0.25) is 4.99 Å². The maximum Gasteiger partial charge on any atom is 0.194 e. The lowest BCUT2D eigenvalue weighted by atomic mass is 9.95. The van der Waals surface area contributed by atoms with Crippen molar-refractivity contribution in [3.63, 3.8) is 0 Å². The van der Waals surface area contributed by atoms with E-state index in [9.17, 15) is 0 Å². The second-order valence-electron chi connectivity index (χ2n) is 4.01. The van der Waals surface area contributed by atoms with Crippen molar-refractivity contribution < 1.29 is 0 Å². The van der Waals surface area contributed by atoms with Crippen LogP contribution in [0.1, 0.15) is 13.3 Å². The Morgan fingerprint density at radius 1 is 1.62 bits per heavy atom. The summed E-state index contributed by atoms with van der Waals surface area (Å²) < 4.78 is 0. The van der Waals surface area contributed by atoms with Gasteiger partial charge in [-0.25, -0.2) is 0 Å². The Labute approximate surface area is 79.2 Å². The third-order valence-electron chi connectivity index (χ3n) is 2.93. The number of nitrogens with one attached hydrogen (secondary N) is 1. The first-order chi connectivity index (χ1) is 6.27. The van der Waals surface area contributed by atoms with Gasteiger partial charge < -0.3 is 16.0 Å². The molecule has 0 saturated carbocycles. The topological polar surface area (TPSA) is 53.6 Å². The summed E-state index contributed by atoms with van der Waals surface area (Å²) >= 11 is 0. The molecule has 3 N–H and O–H groups in total. The van der Waals surface area contributed by atoms with Crippen molar-refractivity contribution in [2.24, 2.45) is 16.6 Å². The molecule has 4 heteroatoms. The molecular formula is C9H18N4. The number of rotatable bonds is 0. The van der Waals surface area contributed by atoms with Crippen LogP contribution in [0.4, 0.5) is 0 Å². The molecule has 2 atom stereocenters. The van der Waals surface area contributed by atoms with Gasteiger partial charge in [0.25, 0.3) is 0 Å². The number of nitrogens with two attached hydrogens (primary N) is 1. The summed E-state index contributed by atoms with van der Waals surface area (Å²) in [6, 6.07) is 0.373. The van der Waals surface area contributed by atoms with Crippen LogP contribution < -0.4 is 11.1 Å². The molecule has 2 heterocycles. The summed E-state index contributed by atoms with van der Waals surface area (Å²) in [6.07, 6.45) is 1.09. The molecule has 0 aromatic carbocycles. The van der Waals surface area contributed by atoms with Gasteiger partial charge in [0.05, 0.1) is 6.54 Å². The van der Waals surface area contributed by atoms with Crippen molar-refractivity contribution in [1.29, 1.82) is 0 Å².